The van der Waals surface area contributed by atoms with Crippen LogP contribution in [0.15, 0.2) is 60.7 Å². The molecule has 2 aliphatic rings. The molecule has 36 heavy (non-hydrogen) atoms. The van der Waals surface area contributed by atoms with Gasteiger partial charge in [0.05, 0.1) is 6.04 Å². The van der Waals surface area contributed by atoms with Crippen LogP contribution in [0.1, 0.15) is 43.2 Å². The molecule has 0 spiro atoms. The second kappa shape index (κ2) is 9.47. The Balaban J connectivity index is 1.63. The number of rotatable bonds is 6. The zero-order valence-electron chi connectivity index (χ0n) is 20.6. The summed E-state index contributed by atoms with van der Waals surface area (Å²) >= 11 is 1.68. The molecular formula is C29H28N2O4S. The highest BCUT2D eigenvalue weighted by Gasteiger charge is 2.53. The molecule has 0 radical (unpaired) electrons. The van der Waals surface area contributed by atoms with Gasteiger partial charge >= 0.3 is 0 Å². The van der Waals surface area contributed by atoms with E-state index in [2.05, 4.69) is 19.1 Å². The SMILES string of the molecule is Cc1ccc(-c2ccc(N3C(=O)C(=O)C(C(=O)C(C)C)C3c3ccccc3N3CCCC3=O)cc2)s1. The van der Waals surface area contributed by atoms with E-state index in [0.717, 1.165) is 16.9 Å². The van der Waals surface area contributed by atoms with Gasteiger partial charge in [-0.1, -0.05) is 44.2 Å². The molecule has 7 heteroatoms. The minimum absolute atomic E-state index is 0.00646. The maximum atomic E-state index is 13.4. The van der Waals surface area contributed by atoms with Crippen molar-refractivity contribution in [1.29, 1.82) is 0 Å². The third-order valence-electron chi connectivity index (χ3n) is 6.97. The normalized spacial score (nSPS) is 20.2. The number of benzene rings is 2. The van der Waals surface area contributed by atoms with Crippen LogP contribution >= 0.6 is 11.3 Å². The molecule has 2 fully saturated rings. The van der Waals surface area contributed by atoms with Gasteiger partial charge in [-0.05, 0) is 54.8 Å². The fraction of sp³-hybridized carbons (Fsp3) is 0.310. The fourth-order valence-corrected chi connectivity index (χ4v) is 6.05. The van der Waals surface area contributed by atoms with Crippen LogP contribution in [-0.2, 0) is 19.2 Å². The molecule has 5 rings (SSSR count). The van der Waals surface area contributed by atoms with Gasteiger partial charge in [0.25, 0.3) is 5.91 Å². The lowest BCUT2D eigenvalue weighted by Gasteiger charge is -2.31. The highest BCUT2D eigenvalue weighted by atomic mass is 32.1. The van der Waals surface area contributed by atoms with Crippen LogP contribution in [0, 0.1) is 18.8 Å². The lowest BCUT2D eigenvalue weighted by Crippen LogP contribution is -2.34. The highest BCUT2D eigenvalue weighted by molar-refractivity contribution is 7.15. The molecule has 2 aromatic carbocycles. The summed E-state index contributed by atoms with van der Waals surface area (Å²) in [6, 6.07) is 18.1. The Kier molecular flexibility index (Phi) is 6.35. The summed E-state index contributed by atoms with van der Waals surface area (Å²) in [6.45, 7) is 6.11. The lowest BCUT2D eigenvalue weighted by atomic mass is 9.84. The first-order chi connectivity index (χ1) is 17.3. The number of aryl methyl sites for hydroxylation is 1. The Bertz CT molecular complexity index is 1360. The highest BCUT2D eigenvalue weighted by Crippen LogP contribution is 2.45. The van der Waals surface area contributed by atoms with Crippen LogP contribution in [0.5, 0.6) is 0 Å². The van der Waals surface area contributed by atoms with E-state index in [9.17, 15) is 19.2 Å². The average Bonchev–Trinajstić information content (AvgIpc) is 3.57. The molecule has 2 amide bonds. The third-order valence-corrected chi connectivity index (χ3v) is 8.02. The van der Waals surface area contributed by atoms with Gasteiger partial charge in [-0.15, -0.1) is 11.3 Å². The van der Waals surface area contributed by atoms with Crippen molar-refractivity contribution in [3.8, 4) is 10.4 Å². The van der Waals surface area contributed by atoms with Gasteiger partial charge in [0, 0.05) is 40.0 Å². The van der Waals surface area contributed by atoms with Crippen molar-refractivity contribution in [2.24, 2.45) is 11.8 Å². The summed E-state index contributed by atoms with van der Waals surface area (Å²) in [7, 11) is 0. The summed E-state index contributed by atoms with van der Waals surface area (Å²) in [5.74, 6) is -3.20. The minimum Gasteiger partial charge on any atom is -0.312 e. The van der Waals surface area contributed by atoms with Gasteiger partial charge in [0.15, 0.2) is 0 Å². The summed E-state index contributed by atoms with van der Waals surface area (Å²) in [5, 5.41) is 0. The van der Waals surface area contributed by atoms with Gasteiger partial charge in [-0.2, -0.15) is 0 Å². The van der Waals surface area contributed by atoms with Crippen LogP contribution in [0.2, 0.25) is 0 Å². The summed E-state index contributed by atoms with van der Waals surface area (Å²) in [5.41, 5.74) is 2.87. The van der Waals surface area contributed by atoms with Crippen molar-refractivity contribution < 1.29 is 19.2 Å². The largest absolute Gasteiger partial charge is 0.312 e. The number of thiophene rings is 1. The molecule has 3 heterocycles. The molecule has 2 atom stereocenters. The Morgan fingerprint density at radius 2 is 1.69 bits per heavy atom. The first kappa shape index (κ1) is 24.1. The van der Waals surface area contributed by atoms with E-state index in [4.69, 9.17) is 0 Å². The van der Waals surface area contributed by atoms with E-state index in [1.165, 1.54) is 9.78 Å². The van der Waals surface area contributed by atoms with Crippen molar-refractivity contribution in [1.82, 2.24) is 0 Å². The van der Waals surface area contributed by atoms with Crippen LogP contribution in [0.3, 0.4) is 0 Å². The quantitative estimate of drug-likeness (QED) is 0.338. The van der Waals surface area contributed by atoms with Crippen LogP contribution in [0.4, 0.5) is 11.4 Å². The lowest BCUT2D eigenvalue weighted by molar-refractivity contribution is -0.139. The smallest absolute Gasteiger partial charge is 0.295 e. The maximum absolute atomic E-state index is 13.4. The molecule has 0 N–H and O–H groups in total. The molecule has 0 aliphatic carbocycles. The monoisotopic (exact) mass is 500 g/mol. The van der Waals surface area contributed by atoms with Gasteiger partial charge in [-0.3, -0.25) is 24.1 Å². The van der Waals surface area contributed by atoms with Crippen LogP contribution < -0.4 is 9.80 Å². The van der Waals surface area contributed by atoms with Crippen molar-refractivity contribution in [2.45, 2.75) is 39.7 Å². The number of hydrogen-bond donors (Lipinski definition) is 0. The standard InChI is InChI=1S/C29H28N2O4S/c1-17(2)27(33)25-26(21-7-4-5-8-22(21)30-16-6-9-24(30)32)31(29(35)28(25)34)20-13-11-19(12-14-20)23-15-10-18(3)36-23/h4-5,7-8,10-15,17,25-26H,6,9,16H2,1-3H3. The Labute approximate surface area is 214 Å². The number of nitrogens with zero attached hydrogens (tertiary/aromatic N) is 2. The van der Waals surface area contributed by atoms with Crippen molar-refractivity contribution >= 4 is 46.1 Å². The molecule has 2 unspecified atom stereocenters. The summed E-state index contributed by atoms with van der Waals surface area (Å²) < 4.78 is 0. The van der Waals surface area contributed by atoms with E-state index in [1.807, 2.05) is 48.5 Å². The number of ketones is 2. The zero-order chi connectivity index (χ0) is 25.6. The number of hydrogen-bond acceptors (Lipinski definition) is 5. The fourth-order valence-electron chi connectivity index (χ4n) is 5.17. The van der Waals surface area contributed by atoms with Crippen LogP contribution in [-0.4, -0.2) is 29.9 Å². The Hall–Kier alpha value is -3.58. The van der Waals surface area contributed by atoms with Crippen molar-refractivity contribution in [3.05, 3.63) is 71.1 Å². The zero-order valence-corrected chi connectivity index (χ0v) is 21.4. The number of amides is 2. The molecule has 6 nitrogen and oxygen atoms in total. The maximum Gasteiger partial charge on any atom is 0.295 e. The second-order valence-corrected chi connectivity index (χ2v) is 11.0. The molecule has 2 saturated heterocycles. The second-order valence-electron chi connectivity index (χ2n) is 9.68. The molecule has 184 valence electrons. The Morgan fingerprint density at radius 3 is 2.31 bits per heavy atom. The third kappa shape index (κ3) is 4.07. The topological polar surface area (TPSA) is 74.8 Å². The van der Waals surface area contributed by atoms with E-state index >= 15 is 0 Å². The molecule has 2 aliphatic heterocycles. The van der Waals surface area contributed by atoms with E-state index in [1.54, 1.807) is 30.1 Å². The average molecular weight is 501 g/mol. The van der Waals surface area contributed by atoms with Crippen molar-refractivity contribution in [2.75, 3.05) is 16.3 Å². The van der Waals surface area contributed by atoms with Gasteiger partial charge in [0.1, 0.15) is 11.7 Å². The van der Waals surface area contributed by atoms with E-state index in [-0.39, 0.29) is 11.7 Å². The minimum atomic E-state index is -1.13. The number of Topliss-reactive ketones (excluding diaryl/α,β-unsaturated/α-hetero) is 2. The van der Waals surface area contributed by atoms with E-state index < -0.39 is 29.6 Å². The number of carbonyl (C=O) groups is 4. The predicted molar refractivity (Wildman–Crippen MR) is 141 cm³/mol. The van der Waals surface area contributed by atoms with Crippen molar-refractivity contribution in [3.63, 3.8) is 0 Å². The molecule has 3 aromatic rings. The summed E-state index contributed by atoms with van der Waals surface area (Å²) in [6.07, 6.45) is 1.20. The van der Waals surface area contributed by atoms with E-state index in [0.29, 0.717) is 29.9 Å². The Morgan fingerprint density at radius 1 is 0.972 bits per heavy atom. The molecule has 1 aromatic heterocycles. The molecular weight excluding hydrogens is 472 g/mol. The first-order valence-electron chi connectivity index (χ1n) is 12.2. The van der Waals surface area contributed by atoms with Gasteiger partial charge in [-0.25, -0.2) is 0 Å². The number of carbonyl (C=O) groups excluding carboxylic acids is 4. The predicted octanol–water partition coefficient (Wildman–Crippen LogP) is 5.35. The molecule has 0 saturated carbocycles. The number of para-hydroxylation sites is 1. The molecule has 0 bridgehead atoms. The van der Waals surface area contributed by atoms with Gasteiger partial charge < -0.3 is 4.90 Å². The summed E-state index contributed by atoms with van der Waals surface area (Å²) in [4.78, 5) is 58.2. The van der Waals surface area contributed by atoms with Gasteiger partial charge in [0.2, 0.25) is 11.7 Å². The number of anilines is 2. The first-order valence-corrected chi connectivity index (χ1v) is 13.1. The van der Waals surface area contributed by atoms with Crippen LogP contribution in [0.25, 0.3) is 10.4 Å².